The van der Waals surface area contributed by atoms with Crippen LogP contribution < -0.4 is 5.32 Å². The van der Waals surface area contributed by atoms with Crippen LogP contribution in [0.2, 0.25) is 0 Å². The number of halogens is 1. The quantitative estimate of drug-likeness (QED) is 0.831. The van der Waals surface area contributed by atoms with Crippen LogP contribution in [0.3, 0.4) is 0 Å². The summed E-state index contributed by atoms with van der Waals surface area (Å²) < 4.78 is 13.1. The molecule has 106 valence electrons. The van der Waals surface area contributed by atoms with Gasteiger partial charge in [0, 0.05) is 12.1 Å². The van der Waals surface area contributed by atoms with Gasteiger partial charge in [0.25, 0.3) is 0 Å². The van der Waals surface area contributed by atoms with Gasteiger partial charge in [-0.1, -0.05) is 45.7 Å². The number of hydrogen-bond donors (Lipinski definition) is 1. The highest BCUT2D eigenvalue weighted by atomic mass is 19.1. The van der Waals surface area contributed by atoms with Gasteiger partial charge in [0.2, 0.25) is 0 Å². The molecule has 1 aliphatic rings. The summed E-state index contributed by atoms with van der Waals surface area (Å²) in [4.78, 5) is 0. The monoisotopic (exact) mass is 263 g/mol. The number of benzene rings is 1. The molecule has 1 aromatic carbocycles. The van der Waals surface area contributed by atoms with E-state index in [1.165, 1.54) is 31.2 Å². The van der Waals surface area contributed by atoms with Crippen LogP contribution in [-0.2, 0) is 0 Å². The van der Waals surface area contributed by atoms with Crippen molar-refractivity contribution in [2.24, 2.45) is 11.8 Å². The molecule has 3 unspecified atom stereocenters. The van der Waals surface area contributed by atoms with E-state index in [0.717, 1.165) is 5.92 Å². The van der Waals surface area contributed by atoms with Crippen LogP contribution in [0.1, 0.15) is 58.1 Å². The maximum atomic E-state index is 13.1. The Kier molecular flexibility index (Phi) is 4.98. The summed E-state index contributed by atoms with van der Waals surface area (Å²) >= 11 is 0. The van der Waals surface area contributed by atoms with E-state index in [1.807, 2.05) is 12.1 Å². The Hall–Kier alpha value is -0.890. The van der Waals surface area contributed by atoms with Gasteiger partial charge in [0.1, 0.15) is 5.82 Å². The van der Waals surface area contributed by atoms with Gasteiger partial charge in [0.05, 0.1) is 0 Å². The predicted molar refractivity (Wildman–Crippen MR) is 78.5 cm³/mol. The van der Waals surface area contributed by atoms with E-state index in [4.69, 9.17) is 0 Å². The minimum absolute atomic E-state index is 0.155. The van der Waals surface area contributed by atoms with Gasteiger partial charge in [-0.15, -0.1) is 0 Å². The highest BCUT2D eigenvalue weighted by Gasteiger charge is 2.25. The van der Waals surface area contributed by atoms with Crippen molar-refractivity contribution in [3.05, 3.63) is 35.6 Å². The molecular formula is C17H26FN. The van der Waals surface area contributed by atoms with Crippen LogP contribution in [-0.4, -0.2) is 6.04 Å². The Balaban J connectivity index is 2.09. The van der Waals surface area contributed by atoms with Crippen molar-refractivity contribution in [3.63, 3.8) is 0 Å². The summed E-state index contributed by atoms with van der Waals surface area (Å²) in [7, 11) is 0. The maximum absolute atomic E-state index is 13.1. The van der Waals surface area contributed by atoms with Gasteiger partial charge in [-0.3, -0.25) is 0 Å². The van der Waals surface area contributed by atoms with E-state index in [9.17, 15) is 4.39 Å². The fourth-order valence-corrected chi connectivity index (χ4v) is 3.14. The molecule has 1 aliphatic carbocycles. The van der Waals surface area contributed by atoms with Gasteiger partial charge in [-0.2, -0.15) is 0 Å². The van der Waals surface area contributed by atoms with E-state index in [2.05, 4.69) is 26.1 Å². The third-order valence-electron chi connectivity index (χ3n) is 4.40. The topological polar surface area (TPSA) is 12.0 Å². The summed E-state index contributed by atoms with van der Waals surface area (Å²) in [6.45, 7) is 6.81. The van der Waals surface area contributed by atoms with Gasteiger partial charge in [0.15, 0.2) is 0 Å². The van der Waals surface area contributed by atoms with E-state index >= 15 is 0 Å². The first-order valence-electron chi connectivity index (χ1n) is 7.59. The lowest BCUT2D eigenvalue weighted by molar-refractivity contribution is 0.238. The minimum atomic E-state index is -0.155. The molecule has 2 rings (SSSR count). The summed E-state index contributed by atoms with van der Waals surface area (Å²) in [6, 6.07) is 7.89. The molecule has 3 atom stereocenters. The highest BCUT2D eigenvalue weighted by Crippen LogP contribution is 2.29. The molecule has 0 spiro atoms. The van der Waals surface area contributed by atoms with Gasteiger partial charge in [-0.25, -0.2) is 4.39 Å². The fraction of sp³-hybridized carbons (Fsp3) is 0.647. The molecule has 1 fully saturated rings. The Bertz CT molecular complexity index is 385. The van der Waals surface area contributed by atoms with E-state index in [1.54, 1.807) is 12.1 Å². The van der Waals surface area contributed by atoms with Crippen LogP contribution in [0.4, 0.5) is 4.39 Å². The lowest BCUT2D eigenvalue weighted by Gasteiger charge is -2.35. The third-order valence-corrected chi connectivity index (χ3v) is 4.40. The van der Waals surface area contributed by atoms with Crippen molar-refractivity contribution >= 4 is 0 Å². The lowest BCUT2D eigenvalue weighted by atomic mass is 9.84. The molecule has 0 heterocycles. The van der Waals surface area contributed by atoms with E-state index in [-0.39, 0.29) is 5.82 Å². The van der Waals surface area contributed by atoms with Crippen LogP contribution >= 0.6 is 0 Å². The molecule has 1 N–H and O–H groups in total. The average molecular weight is 263 g/mol. The zero-order valence-electron chi connectivity index (χ0n) is 12.3. The molecule has 2 heteroatoms. The van der Waals surface area contributed by atoms with E-state index < -0.39 is 0 Å². The van der Waals surface area contributed by atoms with E-state index in [0.29, 0.717) is 18.0 Å². The SMILES string of the molecule is CC(C)C(NC1CCCCC1C)c1ccc(F)cc1. The maximum Gasteiger partial charge on any atom is 0.123 e. The fourth-order valence-electron chi connectivity index (χ4n) is 3.14. The number of rotatable bonds is 4. The normalized spacial score (nSPS) is 25.5. The molecule has 0 radical (unpaired) electrons. The lowest BCUT2D eigenvalue weighted by Crippen LogP contribution is -2.41. The Morgan fingerprint density at radius 1 is 1.11 bits per heavy atom. The smallest absolute Gasteiger partial charge is 0.123 e. The van der Waals surface area contributed by atoms with Crippen molar-refractivity contribution < 1.29 is 4.39 Å². The van der Waals surface area contributed by atoms with Gasteiger partial charge in [-0.05, 0) is 42.4 Å². The largest absolute Gasteiger partial charge is 0.307 e. The summed E-state index contributed by atoms with van der Waals surface area (Å²) in [5.41, 5.74) is 1.20. The zero-order chi connectivity index (χ0) is 13.8. The first-order valence-corrected chi connectivity index (χ1v) is 7.59. The average Bonchev–Trinajstić information content (AvgIpc) is 2.39. The second-order valence-corrected chi connectivity index (χ2v) is 6.31. The molecule has 19 heavy (non-hydrogen) atoms. The molecule has 0 amide bonds. The second-order valence-electron chi connectivity index (χ2n) is 6.31. The van der Waals surface area contributed by atoms with Crippen LogP contribution in [0.15, 0.2) is 24.3 Å². The zero-order valence-corrected chi connectivity index (χ0v) is 12.3. The van der Waals surface area contributed by atoms with Crippen molar-refractivity contribution in [1.29, 1.82) is 0 Å². The molecular weight excluding hydrogens is 237 g/mol. The van der Waals surface area contributed by atoms with Crippen molar-refractivity contribution in [3.8, 4) is 0 Å². The number of nitrogens with one attached hydrogen (secondary N) is 1. The predicted octanol–water partition coefficient (Wildman–Crippen LogP) is 4.69. The van der Waals surface area contributed by atoms with Crippen LogP contribution in [0, 0.1) is 17.7 Å². The Labute approximate surface area is 116 Å². The minimum Gasteiger partial charge on any atom is -0.307 e. The first kappa shape index (κ1) is 14.5. The standard InChI is InChI=1S/C17H26FN/c1-12(2)17(14-8-10-15(18)11-9-14)19-16-7-5-4-6-13(16)3/h8-13,16-17,19H,4-7H2,1-3H3. The summed E-state index contributed by atoms with van der Waals surface area (Å²) in [5, 5.41) is 3.82. The van der Waals surface area contributed by atoms with Crippen LogP contribution in [0.5, 0.6) is 0 Å². The molecule has 0 aromatic heterocycles. The third kappa shape index (κ3) is 3.79. The number of hydrogen-bond acceptors (Lipinski definition) is 1. The first-order chi connectivity index (χ1) is 9.08. The molecule has 0 bridgehead atoms. The summed E-state index contributed by atoms with van der Waals surface area (Å²) in [6.07, 6.45) is 5.29. The van der Waals surface area contributed by atoms with Gasteiger partial charge < -0.3 is 5.32 Å². The van der Waals surface area contributed by atoms with Crippen molar-refractivity contribution in [2.75, 3.05) is 0 Å². The molecule has 0 saturated heterocycles. The molecule has 1 nitrogen and oxygen atoms in total. The molecule has 1 aromatic rings. The summed E-state index contributed by atoms with van der Waals surface area (Å²) in [5.74, 6) is 1.10. The molecule has 0 aliphatic heterocycles. The van der Waals surface area contributed by atoms with Crippen LogP contribution in [0.25, 0.3) is 0 Å². The van der Waals surface area contributed by atoms with Gasteiger partial charge >= 0.3 is 0 Å². The highest BCUT2D eigenvalue weighted by molar-refractivity contribution is 5.20. The van der Waals surface area contributed by atoms with Crippen molar-refractivity contribution in [2.45, 2.75) is 58.5 Å². The Morgan fingerprint density at radius 2 is 1.74 bits per heavy atom. The second kappa shape index (κ2) is 6.51. The van der Waals surface area contributed by atoms with Crippen molar-refractivity contribution in [1.82, 2.24) is 5.32 Å². The molecule has 1 saturated carbocycles. The Morgan fingerprint density at radius 3 is 2.32 bits per heavy atom.